The van der Waals surface area contributed by atoms with Gasteiger partial charge in [0, 0.05) is 5.56 Å². The summed E-state index contributed by atoms with van der Waals surface area (Å²) in [6.45, 7) is 0. The van der Waals surface area contributed by atoms with Crippen molar-refractivity contribution >= 4 is 5.84 Å². The average molecular weight is 189 g/mol. The highest BCUT2D eigenvalue weighted by molar-refractivity contribution is 5.94. The van der Waals surface area contributed by atoms with Crippen molar-refractivity contribution in [1.82, 2.24) is 5.16 Å². The number of hydrogen-bond donors (Lipinski definition) is 2. The van der Waals surface area contributed by atoms with Gasteiger partial charge >= 0.3 is 0 Å². The summed E-state index contributed by atoms with van der Waals surface area (Å²) in [6, 6.07) is 10.9. The molecule has 0 aliphatic carbocycles. The van der Waals surface area contributed by atoms with Gasteiger partial charge in [0.05, 0.1) is 6.20 Å². The molecule has 0 saturated carbocycles. The van der Waals surface area contributed by atoms with Crippen LogP contribution in [0.5, 0.6) is 0 Å². The zero-order valence-electron chi connectivity index (χ0n) is 7.55. The number of nitrogens with zero attached hydrogens (tertiary/aromatic N) is 1. The maximum absolute atomic E-state index is 7.01. The summed E-state index contributed by atoms with van der Waals surface area (Å²) in [5.41, 5.74) is 5.97. The maximum atomic E-state index is 7.01. The molecule has 2 rings (SSSR count). The van der Waals surface area contributed by atoms with Gasteiger partial charge in [-0.3, -0.25) is 5.41 Å². The van der Waals surface area contributed by atoms with Crippen LogP contribution < -0.4 is 5.73 Å². The van der Waals surface area contributed by atoms with Gasteiger partial charge in [-0.25, -0.2) is 0 Å². The van der Waals surface area contributed by atoms with Crippen molar-refractivity contribution < 1.29 is 4.52 Å². The van der Waals surface area contributed by atoms with Gasteiger partial charge in [0.2, 0.25) is 0 Å². The van der Waals surface area contributed by atoms with E-state index in [1.165, 1.54) is 6.26 Å². The highest BCUT2D eigenvalue weighted by Gasteiger charge is 1.89. The Morgan fingerprint density at radius 2 is 1.93 bits per heavy atom. The number of amidine groups is 1. The lowest BCUT2D eigenvalue weighted by Crippen LogP contribution is -2.10. The molecule has 0 amide bonds. The van der Waals surface area contributed by atoms with Gasteiger partial charge in [0.25, 0.3) is 0 Å². The van der Waals surface area contributed by atoms with Crippen LogP contribution in [-0.4, -0.2) is 11.0 Å². The first-order valence-corrected chi connectivity index (χ1v) is 4.04. The van der Waals surface area contributed by atoms with E-state index in [9.17, 15) is 0 Å². The summed E-state index contributed by atoms with van der Waals surface area (Å²) < 4.78 is 4.33. The van der Waals surface area contributed by atoms with Crippen LogP contribution in [0, 0.1) is 5.41 Å². The molecular formula is C10H11N3O. The van der Waals surface area contributed by atoms with Crippen LogP contribution in [0.3, 0.4) is 0 Å². The van der Waals surface area contributed by atoms with Crippen molar-refractivity contribution in [3.63, 3.8) is 0 Å². The van der Waals surface area contributed by atoms with Crippen LogP contribution in [0.4, 0.5) is 0 Å². The molecule has 0 saturated heterocycles. The second-order valence-electron chi connectivity index (χ2n) is 2.47. The molecule has 2 aromatic rings. The maximum Gasteiger partial charge on any atom is 0.123 e. The minimum absolute atomic E-state index is 0.121. The van der Waals surface area contributed by atoms with Crippen LogP contribution in [0.15, 0.2) is 53.4 Å². The summed E-state index contributed by atoms with van der Waals surface area (Å²) in [4.78, 5) is 0. The standard InChI is InChI=1S/C7H8N2.C3H3NO/c8-7(9)6-4-2-1-3-5-6;1-2-4-5-3-1/h1-5H,(H3,8,9);1-3H. The summed E-state index contributed by atoms with van der Waals surface area (Å²) in [5.74, 6) is 0.121. The normalized spacial score (nSPS) is 8.57. The quantitative estimate of drug-likeness (QED) is 0.529. The molecule has 1 aromatic carbocycles. The molecule has 0 aliphatic heterocycles. The Hall–Kier alpha value is -2.10. The summed E-state index contributed by atoms with van der Waals surface area (Å²) in [6.07, 6.45) is 3.10. The number of aromatic nitrogens is 1. The van der Waals surface area contributed by atoms with Crippen molar-refractivity contribution in [3.8, 4) is 0 Å². The summed E-state index contributed by atoms with van der Waals surface area (Å²) in [7, 11) is 0. The molecule has 1 aromatic heterocycles. The predicted molar refractivity (Wildman–Crippen MR) is 54.0 cm³/mol. The Labute approximate surface area is 81.8 Å². The molecule has 1 heterocycles. The van der Waals surface area contributed by atoms with Crippen molar-refractivity contribution in [2.75, 3.05) is 0 Å². The molecule has 0 fully saturated rings. The van der Waals surface area contributed by atoms with Crippen LogP contribution in [-0.2, 0) is 0 Å². The van der Waals surface area contributed by atoms with Crippen LogP contribution >= 0.6 is 0 Å². The lowest BCUT2D eigenvalue weighted by Gasteiger charge is -1.93. The fourth-order valence-electron chi connectivity index (χ4n) is 0.793. The summed E-state index contributed by atoms with van der Waals surface area (Å²) >= 11 is 0. The number of rotatable bonds is 1. The molecule has 0 spiro atoms. The monoisotopic (exact) mass is 189 g/mol. The number of nitrogens with one attached hydrogen (secondary N) is 1. The Morgan fingerprint density at radius 3 is 2.21 bits per heavy atom. The molecule has 0 unspecified atom stereocenters. The van der Waals surface area contributed by atoms with E-state index in [1.54, 1.807) is 12.3 Å². The third-order valence-electron chi connectivity index (χ3n) is 1.43. The van der Waals surface area contributed by atoms with E-state index in [1.807, 2.05) is 30.3 Å². The molecule has 4 heteroatoms. The number of nitrogen functional groups attached to an aromatic ring is 1. The number of nitrogens with two attached hydrogens (primary N) is 1. The largest absolute Gasteiger partial charge is 0.384 e. The first-order chi connectivity index (χ1) is 6.80. The minimum Gasteiger partial charge on any atom is -0.384 e. The van der Waals surface area contributed by atoms with Gasteiger partial charge < -0.3 is 10.3 Å². The lowest BCUT2D eigenvalue weighted by molar-refractivity contribution is 0.420. The molecule has 0 aliphatic rings. The molecule has 72 valence electrons. The van der Waals surface area contributed by atoms with E-state index in [4.69, 9.17) is 11.1 Å². The average Bonchev–Trinajstić information content (AvgIpc) is 2.77. The highest BCUT2D eigenvalue weighted by atomic mass is 16.5. The predicted octanol–water partition coefficient (Wildman–Crippen LogP) is 1.65. The molecule has 0 atom stereocenters. The zero-order chi connectivity index (χ0) is 10.2. The molecule has 0 radical (unpaired) electrons. The van der Waals surface area contributed by atoms with E-state index in [0.717, 1.165) is 5.56 Å². The molecule has 4 nitrogen and oxygen atoms in total. The number of benzene rings is 1. The van der Waals surface area contributed by atoms with Crippen molar-refractivity contribution in [2.24, 2.45) is 5.73 Å². The molecular weight excluding hydrogens is 178 g/mol. The molecule has 3 N–H and O–H groups in total. The Bertz CT molecular complexity index is 339. The third-order valence-corrected chi connectivity index (χ3v) is 1.43. The van der Waals surface area contributed by atoms with Crippen LogP contribution in [0.1, 0.15) is 5.56 Å². The third kappa shape index (κ3) is 3.53. The first-order valence-electron chi connectivity index (χ1n) is 4.04. The van der Waals surface area contributed by atoms with Gasteiger partial charge in [0.15, 0.2) is 0 Å². The molecule has 0 bridgehead atoms. The summed E-state index contributed by atoms with van der Waals surface area (Å²) in [5, 5.41) is 10.4. The fourth-order valence-corrected chi connectivity index (χ4v) is 0.793. The highest BCUT2D eigenvalue weighted by Crippen LogP contribution is 1.94. The minimum atomic E-state index is 0.121. The van der Waals surface area contributed by atoms with Crippen molar-refractivity contribution in [1.29, 1.82) is 5.41 Å². The topological polar surface area (TPSA) is 75.9 Å². The SMILES string of the molecule is N=C(N)c1ccccc1.c1cnoc1. The van der Waals surface area contributed by atoms with Gasteiger partial charge in [-0.05, 0) is 6.07 Å². The lowest BCUT2D eigenvalue weighted by atomic mass is 10.2. The molecule has 14 heavy (non-hydrogen) atoms. The Kier molecular flexibility index (Phi) is 3.94. The van der Waals surface area contributed by atoms with E-state index in [-0.39, 0.29) is 5.84 Å². The second kappa shape index (κ2) is 5.53. The number of hydrogen-bond acceptors (Lipinski definition) is 3. The van der Waals surface area contributed by atoms with Crippen LogP contribution in [0.25, 0.3) is 0 Å². The van der Waals surface area contributed by atoms with E-state index < -0.39 is 0 Å². The van der Waals surface area contributed by atoms with Gasteiger partial charge in [-0.1, -0.05) is 35.5 Å². The van der Waals surface area contributed by atoms with Gasteiger partial charge in [0.1, 0.15) is 12.1 Å². The van der Waals surface area contributed by atoms with Gasteiger partial charge in [-0.2, -0.15) is 0 Å². The van der Waals surface area contributed by atoms with Crippen molar-refractivity contribution in [3.05, 3.63) is 54.4 Å². The zero-order valence-corrected chi connectivity index (χ0v) is 7.55. The van der Waals surface area contributed by atoms with E-state index in [2.05, 4.69) is 9.68 Å². The first kappa shape index (κ1) is 9.98. The Balaban J connectivity index is 0.000000165. The Morgan fingerprint density at radius 1 is 1.21 bits per heavy atom. The van der Waals surface area contributed by atoms with Gasteiger partial charge in [-0.15, -0.1) is 0 Å². The van der Waals surface area contributed by atoms with Crippen LogP contribution in [0.2, 0.25) is 0 Å². The fraction of sp³-hybridized carbons (Fsp3) is 0. The second-order valence-corrected chi connectivity index (χ2v) is 2.47. The van der Waals surface area contributed by atoms with E-state index in [0.29, 0.717) is 0 Å². The van der Waals surface area contributed by atoms with E-state index >= 15 is 0 Å². The van der Waals surface area contributed by atoms with Crippen molar-refractivity contribution in [2.45, 2.75) is 0 Å². The smallest absolute Gasteiger partial charge is 0.123 e.